The Morgan fingerprint density at radius 2 is 2.14 bits per heavy atom. The molecule has 0 bridgehead atoms. The second kappa shape index (κ2) is 6.74. The molecule has 0 spiro atoms. The maximum atomic E-state index is 12.6. The van der Waals surface area contributed by atoms with E-state index in [1.807, 2.05) is 23.1 Å². The molecular formula is C17H27NOS2. The summed E-state index contributed by atoms with van der Waals surface area (Å²) in [6.45, 7) is 12.0. The number of carbonyl (C=O) groups excluding carboxylic acids is 1. The lowest BCUT2D eigenvalue weighted by molar-refractivity contribution is -0.132. The number of aryl methyl sites for hydroxylation is 1. The van der Waals surface area contributed by atoms with Crippen molar-refractivity contribution in [2.75, 3.05) is 12.3 Å². The van der Waals surface area contributed by atoms with Crippen LogP contribution in [0.2, 0.25) is 0 Å². The monoisotopic (exact) mass is 325 g/mol. The zero-order valence-electron chi connectivity index (χ0n) is 13.8. The van der Waals surface area contributed by atoms with E-state index < -0.39 is 0 Å². The number of hydrogen-bond donors (Lipinski definition) is 0. The molecule has 1 amide bonds. The van der Waals surface area contributed by atoms with Crippen molar-refractivity contribution in [1.82, 2.24) is 4.90 Å². The fourth-order valence-electron chi connectivity index (χ4n) is 3.08. The molecule has 2 heterocycles. The van der Waals surface area contributed by atoms with E-state index in [1.165, 1.54) is 9.75 Å². The Morgan fingerprint density at radius 3 is 2.71 bits per heavy atom. The molecule has 2 nitrogen and oxygen atoms in total. The lowest BCUT2D eigenvalue weighted by Crippen LogP contribution is -2.31. The van der Waals surface area contributed by atoms with Gasteiger partial charge in [-0.15, -0.1) is 23.1 Å². The highest BCUT2D eigenvalue weighted by Crippen LogP contribution is 2.41. The topological polar surface area (TPSA) is 20.3 Å². The number of rotatable bonds is 4. The summed E-state index contributed by atoms with van der Waals surface area (Å²) in [6, 6.07) is 4.34. The summed E-state index contributed by atoms with van der Waals surface area (Å²) < 4.78 is 0. The Bertz CT molecular complexity index is 489. The van der Waals surface area contributed by atoms with Gasteiger partial charge in [0.15, 0.2) is 0 Å². The van der Waals surface area contributed by atoms with Crippen LogP contribution in [0.4, 0.5) is 0 Å². The van der Waals surface area contributed by atoms with Gasteiger partial charge in [-0.2, -0.15) is 0 Å². The highest BCUT2D eigenvalue weighted by Gasteiger charge is 2.32. The second-order valence-corrected chi connectivity index (χ2v) is 9.84. The molecule has 21 heavy (non-hydrogen) atoms. The van der Waals surface area contributed by atoms with Gasteiger partial charge >= 0.3 is 0 Å². The molecule has 1 fully saturated rings. The minimum atomic E-state index is 0.248. The Kier molecular flexibility index (Phi) is 5.42. The van der Waals surface area contributed by atoms with Crippen LogP contribution in [0.5, 0.6) is 0 Å². The summed E-state index contributed by atoms with van der Waals surface area (Å²) in [6.07, 6.45) is 1.78. The van der Waals surface area contributed by atoms with E-state index in [4.69, 9.17) is 0 Å². The first kappa shape index (κ1) is 16.9. The summed E-state index contributed by atoms with van der Waals surface area (Å²) in [7, 11) is 0. The van der Waals surface area contributed by atoms with E-state index in [-0.39, 0.29) is 5.37 Å². The van der Waals surface area contributed by atoms with Gasteiger partial charge in [0.1, 0.15) is 5.37 Å². The van der Waals surface area contributed by atoms with E-state index in [2.05, 4.69) is 51.7 Å². The van der Waals surface area contributed by atoms with Gasteiger partial charge in [0, 0.05) is 28.5 Å². The van der Waals surface area contributed by atoms with Gasteiger partial charge in [-0.25, -0.2) is 0 Å². The molecule has 1 aromatic rings. The Hall–Kier alpha value is -0.480. The van der Waals surface area contributed by atoms with Crippen LogP contribution in [-0.4, -0.2) is 23.1 Å². The van der Waals surface area contributed by atoms with E-state index >= 15 is 0 Å². The highest BCUT2D eigenvalue weighted by molar-refractivity contribution is 7.99. The van der Waals surface area contributed by atoms with Crippen molar-refractivity contribution in [3.05, 3.63) is 21.9 Å². The van der Waals surface area contributed by atoms with Crippen molar-refractivity contribution in [2.24, 2.45) is 11.3 Å². The molecule has 1 aromatic heterocycles. The normalized spacial score (nSPS) is 20.8. The molecule has 1 saturated heterocycles. The molecule has 2 atom stereocenters. The Balaban J connectivity index is 1.98. The summed E-state index contributed by atoms with van der Waals surface area (Å²) in [5.41, 5.74) is 0.295. The zero-order valence-corrected chi connectivity index (χ0v) is 15.4. The molecule has 0 saturated carbocycles. The van der Waals surface area contributed by atoms with Gasteiger partial charge in [-0.1, -0.05) is 27.7 Å². The molecule has 4 heteroatoms. The van der Waals surface area contributed by atoms with Crippen LogP contribution < -0.4 is 0 Å². The number of amides is 1. The van der Waals surface area contributed by atoms with E-state index in [0.717, 1.165) is 18.7 Å². The van der Waals surface area contributed by atoms with Crippen molar-refractivity contribution in [2.45, 2.75) is 52.8 Å². The average molecular weight is 326 g/mol. The lowest BCUT2D eigenvalue weighted by atomic mass is 9.84. The predicted molar refractivity (Wildman–Crippen MR) is 93.8 cm³/mol. The fraction of sp³-hybridized carbons (Fsp3) is 0.706. The molecule has 2 rings (SSSR count). The van der Waals surface area contributed by atoms with Crippen LogP contribution in [0.15, 0.2) is 12.1 Å². The first-order valence-corrected chi connectivity index (χ1v) is 9.60. The molecule has 118 valence electrons. The van der Waals surface area contributed by atoms with Crippen LogP contribution in [-0.2, 0) is 4.79 Å². The molecule has 0 N–H and O–H groups in total. The SMILES string of the molecule is Cc1ccc(C2SCCN2C(=O)CC(C)CC(C)(C)C)s1. The zero-order chi connectivity index (χ0) is 15.6. The number of thiophene rings is 1. The van der Waals surface area contributed by atoms with Gasteiger partial charge in [-0.3, -0.25) is 4.79 Å². The van der Waals surface area contributed by atoms with E-state index in [1.54, 1.807) is 0 Å². The maximum absolute atomic E-state index is 12.6. The Morgan fingerprint density at radius 1 is 1.43 bits per heavy atom. The van der Waals surface area contributed by atoms with Gasteiger partial charge in [0.2, 0.25) is 5.91 Å². The van der Waals surface area contributed by atoms with E-state index in [9.17, 15) is 4.79 Å². The smallest absolute Gasteiger partial charge is 0.224 e. The van der Waals surface area contributed by atoms with E-state index in [0.29, 0.717) is 23.7 Å². The molecule has 0 radical (unpaired) electrons. The van der Waals surface area contributed by atoms with Crippen molar-refractivity contribution < 1.29 is 4.79 Å². The number of nitrogens with zero attached hydrogens (tertiary/aromatic N) is 1. The van der Waals surface area contributed by atoms with Gasteiger partial charge in [0.05, 0.1) is 0 Å². The highest BCUT2D eigenvalue weighted by atomic mass is 32.2. The first-order valence-electron chi connectivity index (χ1n) is 7.74. The van der Waals surface area contributed by atoms with Crippen molar-refractivity contribution in [3.63, 3.8) is 0 Å². The van der Waals surface area contributed by atoms with Crippen molar-refractivity contribution in [1.29, 1.82) is 0 Å². The first-order chi connectivity index (χ1) is 9.76. The standard InChI is InChI=1S/C17H27NOS2/c1-12(11-17(3,4)5)10-15(19)18-8-9-20-16(18)14-7-6-13(2)21-14/h6-7,12,16H,8-11H2,1-5H3. The van der Waals surface area contributed by atoms with Crippen LogP contribution in [0.25, 0.3) is 0 Å². The predicted octanol–water partition coefficient (Wildman–Crippen LogP) is 5.09. The summed E-state index contributed by atoms with van der Waals surface area (Å²) in [5.74, 6) is 1.84. The summed E-state index contributed by atoms with van der Waals surface area (Å²) in [4.78, 5) is 17.4. The third-order valence-electron chi connectivity index (χ3n) is 3.70. The third kappa shape index (κ3) is 4.75. The van der Waals surface area contributed by atoms with Crippen LogP contribution in [0.3, 0.4) is 0 Å². The molecule has 0 aliphatic carbocycles. The van der Waals surface area contributed by atoms with Gasteiger partial charge in [0.25, 0.3) is 0 Å². The maximum Gasteiger partial charge on any atom is 0.224 e. The third-order valence-corrected chi connectivity index (χ3v) is 6.14. The Labute approximate surface area is 137 Å². The minimum absolute atomic E-state index is 0.248. The molecular weight excluding hydrogens is 298 g/mol. The second-order valence-electron chi connectivity index (χ2n) is 7.33. The fourth-order valence-corrected chi connectivity index (χ4v) is 5.47. The summed E-state index contributed by atoms with van der Waals surface area (Å²) >= 11 is 3.72. The number of hydrogen-bond acceptors (Lipinski definition) is 3. The molecule has 0 aromatic carbocycles. The number of thioether (sulfide) groups is 1. The van der Waals surface area contributed by atoms with Crippen LogP contribution in [0, 0.1) is 18.3 Å². The molecule has 1 aliphatic rings. The van der Waals surface area contributed by atoms with Crippen molar-refractivity contribution in [3.8, 4) is 0 Å². The van der Waals surface area contributed by atoms with Crippen LogP contribution in [0.1, 0.15) is 55.7 Å². The largest absolute Gasteiger partial charge is 0.325 e. The lowest BCUT2D eigenvalue weighted by Gasteiger charge is -2.27. The molecule has 1 aliphatic heterocycles. The van der Waals surface area contributed by atoms with Crippen LogP contribution >= 0.6 is 23.1 Å². The average Bonchev–Trinajstić information content (AvgIpc) is 2.93. The minimum Gasteiger partial charge on any atom is -0.325 e. The quantitative estimate of drug-likeness (QED) is 0.768. The van der Waals surface area contributed by atoms with Gasteiger partial charge in [-0.05, 0) is 36.8 Å². The summed E-state index contributed by atoms with van der Waals surface area (Å²) in [5, 5.41) is 0.248. The van der Waals surface area contributed by atoms with Gasteiger partial charge < -0.3 is 4.90 Å². The van der Waals surface area contributed by atoms with Crippen molar-refractivity contribution >= 4 is 29.0 Å². The molecule has 2 unspecified atom stereocenters. The number of carbonyl (C=O) groups is 1.